The lowest BCUT2D eigenvalue weighted by Gasteiger charge is -2.23. The van der Waals surface area contributed by atoms with Gasteiger partial charge in [-0.2, -0.15) is 0 Å². The van der Waals surface area contributed by atoms with E-state index in [4.69, 9.17) is 0 Å². The molecule has 0 aromatic heterocycles. The van der Waals surface area contributed by atoms with Gasteiger partial charge < -0.3 is 0 Å². The molecular weight excluding hydrogens is 268 g/mol. The van der Waals surface area contributed by atoms with Crippen molar-refractivity contribution >= 4 is 17.7 Å². The molecule has 0 unspecified atom stereocenters. The molecule has 2 heteroatoms. The Labute approximate surface area is 133 Å². The summed E-state index contributed by atoms with van der Waals surface area (Å²) in [4.78, 5) is 2.39. The lowest BCUT2D eigenvalue weighted by molar-refractivity contribution is -0.441. The summed E-state index contributed by atoms with van der Waals surface area (Å²) in [5.74, 6) is 0. The van der Waals surface area contributed by atoms with E-state index >= 15 is 0 Å². The number of anilines is 1. The van der Waals surface area contributed by atoms with Gasteiger partial charge in [0, 0.05) is 6.42 Å². The highest BCUT2D eigenvalue weighted by Gasteiger charge is 2.22. The average Bonchev–Trinajstić information content (AvgIpc) is 2.47. The minimum absolute atomic E-state index is 1.09. The van der Waals surface area contributed by atoms with Crippen molar-refractivity contribution in [2.24, 2.45) is 0 Å². The molecule has 1 aliphatic heterocycles. The molecule has 0 aliphatic carbocycles. The number of hydrogen-bond acceptors (Lipinski definition) is 1. The van der Waals surface area contributed by atoms with Crippen LogP contribution >= 0.6 is 0 Å². The zero-order valence-corrected chi connectivity index (χ0v) is 14.1. The Kier molecular flexibility index (Phi) is 4.02. The average molecular weight is 293 g/mol. The second-order valence-electron chi connectivity index (χ2n) is 6.39. The van der Waals surface area contributed by atoms with Crippen molar-refractivity contribution in [2.75, 3.05) is 18.0 Å². The highest BCUT2D eigenvalue weighted by Crippen LogP contribution is 2.27. The summed E-state index contributed by atoms with van der Waals surface area (Å²) in [6.45, 7) is 11.0. The fraction of sp³-hybridized carbons (Fsp3) is 0.350. The van der Waals surface area contributed by atoms with Crippen LogP contribution in [-0.4, -0.2) is 24.0 Å². The van der Waals surface area contributed by atoms with Gasteiger partial charge in [0.25, 0.3) is 0 Å². The van der Waals surface area contributed by atoms with Crippen molar-refractivity contribution in [3.05, 3.63) is 58.7 Å². The summed E-state index contributed by atoms with van der Waals surface area (Å²) < 4.78 is 2.42. The Morgan fingerprint density at radius 1 is 0.909 bits per heavy atom. The van der Waals surface area contributed by atoms with Gasteiger partial charge in [-0.25, -0.2) is 9.48 Å². The molecule has 0 fully saturated rings. The molecule has 0 spiro atoms. The molecule has 1 aliphatic rings. The molecule has 3 rings (SSSR count). The molecule has 114 valence electrons. The number of hydrogen-bond donors (Lipinski definition) is 0. The number of aryl methyl sites for hydroxylation is 4. The van der Waals surface area contributed by atoms with Crippen LogP contribution in [0.3, 0.4) is 0 Å². The normalized spacial score (nSPS) is 14.9. The van der Waals surface area contributed by atoms with Crippen molar-refractivity contribution in [1.82, 2.24) is 0 Å². The van der Waals surface area contributed by atoms with Crippen LogP contribution < -0.4 is 4.90 Å². The largest absolute Gasteiger partial charge is 0.244 e. The maximum atomic E-state index is 2.42. The van der Waals surface area contributed by atoms with Gasteiger partial charge in [-0.05, 0) is 50.5 Å². The minimum Gasteiger partial charge on any atom is -0.233 e. The number of nitrogens with zero attached hydrogens (tertiary/aromatic N) is 2. The second-order valence-corrected chi connectivity index (χ2v) is 6.39. The Morgan fingerprint density at radius 3 is 2.27 bits per heavy atom. The summed E-state index contributed by atoms with van der Waals surface area (Å²) in [6, 6.07) is 13.2. The van der Waals surface area contributed by atoms with Crippen LogP contribution in [0.1, 0.15) is 28.7 Å². The smallest absolute Gasteiger partial charge is 0.233 e. The number of benzene rings is 2. The molecule has 0 radical (unpaired) electrons. The number of para-hydroxylation sites is 1. The SMILES string of the molecule is Cc1cc(C)c([N+]2=CN(c3ccccc3C)CCC2)c(C)c1. The molecule has 2 nitrogen and oxygen atoms in total. The van der Waals surface area contributed by atoms with Gasteiger partial charge in [0.15, 0.2) is 0 Å². The van der Waals surface area contributed by atoms with E-state index in [0.29, 0.717) is 0 Å². The fourth-order valence-electron chi connectivity index (χ4n) is 3.56. The first kappa shape index (κ1) is 14.8. The van der Waals surface area contributed by atoms with Crippen LogP contribution in [0.15, 0.2) is 36.4 Å². The van der Waals surface area contributed by atoms with Gasteiger partial charge in [-0.1, -0.05) is 35.9 Å². The van der Waals surface area contributed by atoms with Gasteiger partial charge in [-0.15, -0.1) is 0 Å². The van der Waals surface area contributed by atoms with Crippen molar-refractivity contribution in [1.29, 1.82) is 0 Å². The summed E-state index contributed by atoms with van der Waals surface area (Å²) in [6.07, 6.45) is 3.47. The summed E-state index contributed by atoms with van der Waals surface area (Å²) in [7, 11) is 0. The van der Waals surface area contributed by atoms with Crippen LogP contribution in [0, 0.1) is 27.7 Å². The number of rotatable bonds is 2. The fourth-order valence-corrected chi connectivity index (χ4v) is 3.56. The maximum absolute atomic E-state index is 2.42. The van der Waals surface area contributed by atoms with Crippen molar-refractivity contribution in [3.8, 4) is 0 Å². The van der Waals surface area contributed by atoms with E-state index < -0.39 is 0 Å². The molecule has 0 atom stereocenters. The van der Waals surface area contributed by atoms with Crippen LogP contribution in [0.5, 0.6) is 0 Å². The molecule has 1 heterocycles. The molecular formula is C20H25N2+. The monoisotopic (exact) mass is 293 g/mol. The molecule has 22 heavy (non-hydrogen) atoms. The maximum Gasteiger partial charge on any atom is 0.244 e. The first-order chi connectivity index (χ1) is 10.6. The van der Waals surface area contributed by atoms with Gasteiger partial charge in [0.1, 0.15) is 11.4 Å². The van der Waals surface area contributed by atoms with Crippen LogP contribution in [0.2, 0.25) is 0 Å². The topological polar surface area (TPSA) is 6.25 Å². The van der Waals surface area contributed by atoms with Gasteiger partial charge in [0.05, 0.1) is 13.1 Å². The van der Waals surface area contributed by atoms with E-state index in [1.807, 2.05) is 0 Å². The van der Waals surface area contributed by atoms with Crippen molar-refractivity contribution in [2.45, 2.75) is 34.1 Å². The lowest BCUT2D eigenvalue weighted by atomic mass is 10.0. The van der Waals surface area contributed by atoms with Crippen molar-refractivity contribution in [3.63, 3.8) is 0 Å². The molecule has 0 amide bonds. The van der Waals surface area contributed by atoms with E-state index in [0.717, 1.165) is 13.1 Å². The first-order valence-corrected chi connectivity index (χ1v) is 8.08. The van der Waals surface area contributed by atoms with E-state index in [-0.39, 0.29) is 0 Å². The molecule has 2 aromatic carbocycles. The van der Waals surface area contributed by atoms with Crippen molar-refractivity contribution < 1.29 is 4.58 Å². The highest BCUT2D eigenvalue weighted by molar-refractivity contribution is 5.79. The summed E-state index contributed by atoms with van der Waals surface area (Å²) in [5, 5.41) is 0. The summed E-state index contributed by atoms with van der Waals surface area (Å²) in [5.41, 5.74) is 8.07. The molecule has 0 N–H and O–H groups in total. The van der Waals surface area contributed by atoms with Crippen LogP contribution in [0.4, 0.5) is 11.4 Å². The minimum atomic E-state index is 1.09. The van der Waals surface area contributed by atoms with Crippen LogP contribution in [0.25, 0.3) is 0 Å². The van der Waals surface area contributed by atoms with E-state index in [1.54, 1.807) is 0 Å². The molecule has 2 aromatic rings. The Bertz CT molecular complexity index is 705. The van der Waals surface area contributed by atoms with E-state index in [2.05, 4.69) is 79.9 Å². The highest BCUT2D eigenvalue weighted by atomic mass is 15.2. The van der Waals surface area contributed by atoms with Gasteiger partial charge >= 0.3 is 0 Å². The molecule has 0 bridgehead atoms. The van der Waals surface area contributed by atoms with Crippen LogP contribution in [-0.2, 0) is 0 Å². The Balaban J connectivity index is 2.03. The predicted octanol–water partition coefficient (Wildman–Crippen LogP) is 4.50. The third-order valence-corrected chi connectivity index (χ3v) is 4.42. The third-order valence-electron chi connectivity index (χ3n) is 4.42. The first-order valence-electron chi connectivity index (χ1n) is 8.08. The second kappa shape index (κ2) is 5.96. The van der Waals surface area contributed by atoms with E-state index in [1.165, 1.54) is 40.0 Å². The summed E-state index contributed by atoms with van der Waals surface area (Å²) >= 11 is 0. The van der Waals surface area contributed by atoms with Gasteiger partial charge in [0.2, 0.25) is 6.34 Å². The predicted molar refractivity (Wildman–Crippen MR) is 94.6 cm³/mol. The zero-order valence-electron chi connectivity index (χ0n) is 14.1. The van der Waals surface area contributed by atoms with E-state index in [9.17, 15) is 0 Å². The zero-order chi connectivity index (χ0) is 15.7. The molecule has 0 saturated carbocycles. The quantitative estimate of drug-likeness (QED) is 0.739. The lowest BCUT2D eigenvalue weighted by Crippen LogP contribution is -2.35. The Morgan fingerprint density at radius 2 is 1.59 bits per heavy atom. The standard InChI is InChI=1S/C20H25N2/c1-15-12-17(3)20(18(4)13-15)22-11-7-10-21(14-22)19-9-6-5-8-16(19)2/h5-6,8-9,12-14H,7,10-11H2,1-4H3/q+1. The van der Waals surface area contributed by atoms with Gasteiger partial charge in [-0.3, -0.25) is 0 Å². The molecule has 0 saturated heterocycles. The Hall–Kier alpha value is -2.09. The third kappa shape index (κ3) is 2.78.